The van der Waals surface area contributed by atoms with E-state index in [-0.39, 0.29) is 6.42 Å². The molecule has 8 N–H and O–H groups in total. The molecule has 11 heteroatoms. The van der Waals surface area contributed by atoms with Crippen molar-refractivity contribution in [1.82, 2.24) is 10.6 Å². The van der Waals surface area contributed by atoms with E-state index in [9.17, 15) is 24.9 Å². The van der Waals surface area contributed by atoms with Gasteiger partial charge in [-0.3, -0.25) is 4.79 Å². The summed E-state index contributed by atoms with van der Waals surface area (Å²) in [6.45, 7) is 4.85. The zero-order valence-corrected chi connectivity index (χ0v) is 16.5. The van der Waals surface area contributed by atoms with Crippen molar-refractivity contribution in [2.24, 2.45) is 5.73 Å². The van der Waals surface area contributed by atoms with E-state index in [1.54, 1.807) is 20.8 Å². The second-order valence-electron chi connectivity index (χ2n) is 7.75. The Labute approximate surface area is 164 Å². The number of alkyl carbamates (subject to hydrolysis) is 1. The SMILES string of the molecule is CC(C)(C)OC(=O)N[C@@H](CCCCN)C(=O)NC1C(O)[C@H](O)C(CO)O[C@H]1O. The molecule has 11 nitrogen and oxygen atoms in total. The number of carbonyl (C=O) groups excluding carboxylic acids is 2. The van der Waals surface area contributed by atoms with Crippen molar-refractivity contribution in [2.75, 3.05) is 13.2 Å². The van der Waals surface area contributed by atoms with Gasteiger partial charge in [0.1, 0.15) is 36.0 Å². The summed E-state index contributed by atoms with van der Waals surface area (Å²) in [4.78, 5) is 24.7. The number of hydrogen-bond acceptors (Lipinski definition) is 9. The third-order valence-corrected chi connectivity index (χ3v) is 4.16. The molecule has 0 aromatic heterocycles. The Kier molecular flexibility index (Phi) is 9.54. The van der Waals surface area contributed by atoms with Gasteiger partial charge in [-0.25, -0.2) is 4.79 Å². The molecule has 3 unspecified atom stereocenters. The smallest absolute Gasteiger partial charge is 0.408 e. The highest BCUT2D eigenvalue weighted by Gasteiger charge is 2.44. The number of aliphatic hydroxyl groups is 4. The second kappa shape index (κ2) is 10.9. The van der Waals surface area contributed by atoms with Crippen LogP contribution in [-0.2, 0) is 14.3 Å². The van der Waals surface area contributed by atoms with Crippen LogP contribution in [0.5, 0.6) is 0 Å². The Balaban J connectivity index is 2.80. The molecule has 0 bridgehead atoms. The van der Waals surface area contributed by atoms with Crippen molar-refractivity contribution < 1.29 is 39.5 Å². The fourth-order valence-corrected chi connectivity index (χ4v) is 2.73. The molecule has 0 saturated carbocycles. The zero-order chi connectivity index (χ0) is 21.5. The van der Waals surface area contributed by atoms with Crippen LogP contribution in [0.2, 0.25) is 0 Å². The summed E-state index contributed by atoms with van der Waals surface area (Å²) in [5.74, 6) is -0.691. The van der Waals surface area contributed by atoms with E-state index in [0.717, 1.165) is 0 Å². The van der Waals surface area contributed by atoms with E-state index in [2.05, 4.69) is 10.6 Å². The molecule has 0 radical (unpaired) electrons. The zero-order valence-electron chi connectivity index (χ0n) is 16.5. The number of nitrogens with two attached hydrogens (primary N) is 1. The number of nitrogens with one attached hydrogen (secondary N) is 2. The Morgan fingerprint density at radius 3 is 2.36 bits per heavy atom. The van der Waals surface area contributed by atoms with Crippen LogP contribution in [0, 0.1) is 0 Å². The third-order valence-electron chi connectivity index (χ3n) is 4.16. The molecule has 28 heavy (non-hydrogen) atoms. The highest BCUT2D eigenvalue weighted by atomic mass is 16.6. The minimum atomic E-state index is -1.65. The lowest BCUT2D eigenvalue weighted by atomic mass is 9.96. The van der Waals surface area contributed by atoms with E-state index in [1.807, 2.05) is 0 Å². The maximum absolute atomic E-state index is 12.6. The van der Waals surface area contributed by atoms with Crippen LogP contribution in [0.1, 0.15) is 40.0 Å². The van der Waals surface area contributed by atoms with Crippen molar-refractivity contribution in [1.29, 1.82) is 0 Å². The van der Waals surface area contributed by atoms with Gasteiger partial charge >= 0.3 is 6.09 Å². The summed E-state index contributed by atoms with van der Waals surface area (Å²) in [5.41, 5.74) is 4.70. The van der Waals surface area contributed by atoms with Gasteiger partial charge in [0.25, 0.3) is 0 Å². The predicted octanol–water partition coefficient (Wildman–Crippen LogP) is -2.08. The van der Waals surface area contributed by atoms with Crippen molar-refractivity contribution in [3.05, 3.63) is 0 Å². The standard InChI is InChI=1S/C17H33N3O8/c1-17(2,3)28-16(26)19-9(6-4-5-7-18)14(24)20-11-13(23)12(22)10(8-21)27-15(11)25/h9-13,15,21-23,25H,4-8,18H2,1-3H3,(H,19,26)(H,20,24)/t9-,10?,11?,12+,13?,15+/m0/s1. The van der Waals surface area contributed by atoms with Crippen molar-refractivity contribution in [3.8, 4) is 0 Å². The molecule has 1 rings (SSSR count). The molecule has 1 saturated heterocycles. The summed E-state index contributed by atoms with van der Waals surface area (Å²) in [7, 11) is 0. The van der Waals surface area contributed by atoms with Gasteiger partial charge in [-0.05, 0) is 46.6 Å². The molecule has 164 valence electrons. The van der Waals surface area contributed by atoms with E-state index in [0.29, 0.717) is 19.4 Å². The van der Waals surface area contributed by atoms with Gasteiger partial charge in [0.15, 0.2) is 6.29 Å². The topological polar surface area (TPSA) is 184 Å². The number of aliphatic hydroxyl groups excluding tert-OH is 4. The first-order valence-electron chi connectivity index (χ1n) is 9.30. The molecule has 2 amide bonds. The lowest BCUT2D eigenvalue weighted by Crippen LogP contribution is -2.65. The van der Waals surface area contributed by atoms with Crippen molar-refractivity contribution in [3.63, 3.8) is 0 Å². The van der Waals surface area contributed by atoms with Gasteiger partial charge in [-0.1, -0.05) is 0 Å². The fraction of sp³-hybridized carbons (Fsp3) is 0.882. The molecule has 6 atom stereocenters. The summed E-state index contributed by atoms with van der Waals surface area (Å²) < 4.78 is 10.2. The van der Waals surface area contributed by atoms with Crippen molar-refractivity contribution >= 4 is 12.0 Å². The van der Waals surface area contributed by atoms with Gasteiger partial charge in [-0.2, -0.15) is 0 Å². The Bertz CT molecular complexity index is 513. The van der Waals surface area contributed by atoms with Crippen LogP contribution in [0.15, 0.2) is 0 Å². The summed E-state index contributed by atoms with van der Waals surface area (Å²) in [6.07, 6.45) is -5.26. The quantitative estimate of drug-likeness (QED) is 0.222. The first kappa shape index (κ1) is 24.5. The van der Waals surface area contributed by atoms with Gasteiger partial charge < -0.3 is 46.3 Å². The summed E-state index contributed by atoms with van der Waals surface area (Å²) in [5, 5.41) is 44.0. The Morgan fingerprint density at radius 1 is 1.18 bits per heavy atom. The van der Waals surface area contributed by atoms with Crippen LogP contribution < -0.4 is 16.4 Å². The average Bonchev–Trinajstić information content (AvgIpc) is 2.59. The number of carbonyl (C=O) groups is 2. The molecule has 1 fully saturated rings. The predicted molar refractivity (Wildman–Crippen MR) is 98.0 cm³/mol. The highest BCUT2D eigenvalue weighted by Crippen LogP contribution is 2.20. The average molecular weight is 407 g/mol. The first-order valence-corrected chi connectivity index (χ1v) is 9.30. The summed E-state index contributed by atoms with van der Waals surface area (Å²) >= 11 is 0. The maximum atomic E-state index is 12.6. The van der Waals surface area contributed by atoms with E-state index in [4.69, 9.17) is 20.3 Å². The molecule has 0 spiro atoms. The highest BCUT2D eigenvalue weighted by molar-refractivity contribution is 5.86. The summed E-state index contributed by atoms with van der Waals surface area (Å²) in [6, 6.07) is -2.35. The van der Waals surface area contributed by atoms with Gasteiger partial charge in [-0.15, -0.1) is 0 Å². The van der Waals surface area contributed by atoms with Crippen molar-refractivity contribution in [2.45, 2.75) is 82.3 Å². The van der Waals surface area contributed by atoms with E-state index >= 15 is 0 Å². The van der Waals surface area contributed by atoms with Crippen LogP contribution >= 0.6 is 0 Å². The normalized spacial score (nSPS) is 29.1. The Hall–Kier alpha value is -1.50. The molecule has 1 aliphatic rings. The first-order chi connectivity index (χ1) is 13.0. The lowest BCUT2D eigenvalue weighted by molar-refractivity contribution is -0.254. The van der Waals surface area contributed by atoms with Crippen LogP contribution in [0.3, 0.4) is 0 Å². The monoisotopic (exact) mass is 407 g/mol. The van der Waals surface area contributed by atoms with Gasteiger partial charge in [0, 0.05) is 0 Å². The van der Waals surface area contributed by atoms with E-state index in [1.165, 1.54) is 0 Å². The largest absolute Gasteiger partial charge is 0.444 e. The van der Waals surface area contributed by atoms with Gasteiger partial charge in [0.05, 0.1) is 6.61 Å². The number of hydrogen-bond donors (Lipinski definition) is 7. The molecule has 1 aliphatic heterocycles. The minimum absolute atomic E-state index is 0.254. The molecular weight excluding hydrogens is 374 g/mol. The number of ether oxygens (including phenoxy) is 2. The van der Waals surface area contributed by atoms with E-state index < -0.39 is 60.9 Å². The molecule has 0 aromatic carbocycles. The minimum Gasteiger partial charge on any atom is -0.444 e. The van der Waals surface area contributed by atoms with Crippen LogP contribution in [0.4, 0.5) is 4.79 Å². The number of unbranched alkanes of at least 4 members (excludes halogenated alkanes) is 1. The number of rotatable bonds is 8. The van der Waals surface area contributed by atoms with Crippen LogP contribution in [-0.4, -0.2) is 87.9 Å². The Morgan fingerprint density at radius 2 is 1.82 bits per heavy atom. The molecular formula is C17H33N3O8. The second-order valence-corrected chi connectivity index (χ2v) is 7.75. The molecule has 0 aliphatic carbocycles. The maximum Gasteiger partial charge on any atom is 0.408 e. The van der Waals surface area contributed by atoms with Crippen LogP contribution in [0.25, 0.3) is 0 Å². The lowest BCUT2D eigenvalue weighted by Gasteiger charge is -2.40. The molecule has 1 heterocycles. The number of amides is 2. The third kappa shape index (κ3) is 7.49. The van der Waals surface area contributed by atoms with Gasteiger partial charge in [0.2, 0.25) is 5.91 Å². The fourth-order valence-electron chi connectivity index (χ4n) is 2.73. The molecule has 0 aromatic rings.